The molecule has 0 aliphatic rings. The molecule has 35 heavy (non-hydrogen) atoms. The van der Waals surface area contributed by atoms with E-state index in [1.807, 2.05) is 26.0 Å². The van der Waals surface area contributed by atoms with Crippen LogP contribution in [-0.2, 0) is 0 Å². The SMILES string of the molecule is C/C(=N/Nc1nc(-c2ccc(C)cc2C)c(-c2ccc([N+](=O)[O-])cc2)s1)c1ccc([N+](=O)[O-])cc1. The number of rotatable bonds is 7. The molecule has 0 fully saturated rings. The predicted molar refractivity (Wildman–Crippen MR) is 138 cm³/mol. The van der Waals surface area contributed by atoms with Crippen LogP contribution in [0.25, 0.3) is 21.7 Å². The molecule has 4 aromatic rings. The normalized spacial score (nSPS) is 11.3. The molecule has 1 N–H and O–H groups in total. The zero-order valence-corrected chi connectivity index (χ0v) is 20.0. The smallest absolute Gasteiger partial charge is 0.258 e. The molecule has 0 saturated carbocycles. The summed E-state index contributed by atoms with van der Waals surface area (Å²) in [5.74, 6) is 0. The molecule has 0 amide bonds. The number of thiazole rings is 1. The molecular weight excluding hydrogens is 466 g/mol. The highest BCUT2D eigenvalue weighted by atomic mass is 32.1. The first-order chi connectivity index (χ1) is 16.7. The topological polar surface area (TPSA) is 124 Å². The van der Waals surface area contributed by atoms with Crippen LogP contribution in [0.5, 0.6) is 0 Å². The van der Waals surface area contributed by atoms with E-state index in [1.165, 1.54) is 35.6 Å². The van der Waals surface area contributed by atoms with Gasteiger partial charge in [-0.25, -0.2) is 4.98 Å². The Labute approximate surface area is 205 Å². The van der Waals surface area contributed by atoms with E-state index < -0.39 is 9.85 Å². The van der Waals surface area contributed by atoms with Gasteiger partial charge >= 0.3 is 0 Å². The van der Waals surface area contributed by atoms with E-state index in [0.717, 1.165) is 38.4 Å². The Bertz CT molecular complexity index is 1440. The van der Waals surface area contributed by atoms with E-state index in [1.54, 1.807) is 31.2 Å². The molecule has 0 aliphatic carbocycles. The van der Waals surface area contributed by atoms with Crippen LogP contribution in [0.1, 0.15) is 23.6 Å². The van der Waals surface area contributed by atoms with Gasteiger partial charge in [-0.3, -0.25) is 25.7 Å². The Hall–Kier alpha value is -4.44. The molecule has 0 atom stereocenters. The Kier molecular flexibility index (Phi) is 6.65. The van der Waals surface area contributed by atoms with E-state index in [-0.39, 0.29) is 11.4 Å². The van der Waals surface area contributed by atoms with Crippen LogP contribution < -0.4 is 5.43 Å². The van der Waals surface area contributed by atoms with Crippen LogP contribution >= 0.6 is 11.3 Å². The average Bonchev–Trinajstić information content (AvgIpc) is 3.26. The molecular formula is C25H21N5O4S. The number of hydrazone groups is 1. The standard InChI is InChI=1S/C25H21N5O4S/c1-15-4-13-22(16(2)14-15)23-24(19-7-11-21(12-8-19)30(33)34)35-25(26-23)28-27-17(3)18-5-9-20(10-6-18)29(31)32/h4-14H,1-3H3,(H,26,28)/b27-17-. The van der Waals surface area contributed by atoms with Crippen LogP contribution in [0.15, 0.2) is 71.8 Å². The highest BCUT2D eigenvalue weighted by Gasteiger charge is 2.18. The summed E-state index contributed by atoms with van der Waals surface area (Å²) in [7, 11) is 0. The number of nitrogens with zero attached hydrogens (tertiary/aromatic N) is 4. The Balaban J connectivity index is 1.70. The largest absolute Gasteiger partial charge is 0.269 e. The first-order valence-electron chi connectivity index (χ1n) is 10.6. The van der Waals surface area contributed by atoms with Crippen molar-refractivity contribution in [2.75, 3.05) is 5.43 Å². The van der Waals surface area contributed by atoms with Crippen molar-refractivity contribution in [2.45, 2.75) is 20.8 Å². The first-order valence-corrected chi connectivity index (χ1v) is 11.4. The van der Waals surface area contributed by atoms with Crippen molar-refractivity contribution >= 4 is 33.6 Å². The number of nitrogens with one attached hydrogen (secondary N) is 1. The van der Waals surface area contributed by atoms with Gasteiger partial charge in [0, 0.05) is 29.8 Å². The van der Waals surface area contributed by atoms with Gasteiger partial charge in [0.2, 0.25) is 5.13 Å². The van der Waals surface area contributed by atoms with Gasteiger partial charge in [-0.05, 0) is 61.7 Å². The van der Waals surface area contributed by atoms with Crippen LogP contribution in [0.2, 0.25) is 0 Å². The van der Waals surface area contributed by atoms with Gasteiger partial charge < -0.3 is 0 Å². The van der Waals surface area contributed by atoms with Crippen molar-refractivity contribution in [3.8, 4) is 21.7 Å². The number of benzene rings is 3. The quantitative estimate of drug-likeness (QED) is 0.175. The van der Waals surface area contributed by atoms with Crippen molar-refractivity contribution in [2.24, 2.45) is 5.10 Å². The van der Waals surface area contributed by atoms with Crippen molar-refractivity contribution < 1.29 is 9.85 Å². The van der Waals surface area contributed by atoms with Gasteiger partial charge in [0.05, 0.1) is 26.1 Å². The number of aromatic nitrogens is 1. The molecule has 0 aliphatic heterocycles. The summed E-state index contributed by atoms with van der Waals surface area (Å²) in [6, 6.07) is 18.7. The Morgan fingerprint density at radius 2 is 1.51 bits per heavy atom. The second kappa shape index (κ2) is 9.82. The molecule has 0 bridgehead atoms. The highest BCUT2D eigenvalue weighted by molar-refractivity contribution is 7.19. The van der Waals surface area contributed by atoms with E-state index in [0.29, 0.717) is 10.8 Å². The number of anilines is 1. The zero-order chi connectivity index (χ0) is 25.1. The number of hydrogen-bond donors (Lipinski definition) is 1. The summed E-state index contributed by atoms with van der Waals surface area (Å²) in [6.45, 7) is 5.84. The molecule has 1 aromatic heterocycles. The number of nitro benzene ring substituents is 2. The average molecular weight is 488 g/mol. The maximum Gasteiger partial charge on any atom is 0.269 e. The predicted octanol–water partition coefficient (Wildman–Crippen LogP) is 6.75. The Morgan fingerprint density at radius 3 is 2.09 bits per heavy atom. The molecule has 10 heteroatoms. The van der Waals surface area contributed by atoms with Crippen LogP contribution in [0.4, 0.5) is 16.5 Å². The Morgan fingerprint density at radius 1 is 0.914 bits per heavy atom. The molecule has 3 aromatic carbocycles. The molecule has 0 spiro atoms. The minimum absolute atomic E-state index is 0.0141. The van der Waals surface area contributed by atoms with Crippen molar-refractivity contribution in [3.63, 3.8) is 0 Å². The summed E-state index contributed by atoms with van der Waals surface area (Å²) >= 11 is 1.39. The summed E-state index contributed by atoms with van der Waals surface area (Å²) in [6.07, 6.45) is 0. The fraction of sp³-hybridized carbons (Fsp3) is 0.120. The fourth-order valence-corrected chi connectivity index (χ4v) is 4.51. The van der Waals surface area contributed by atoms with E-state index in [2.05, 4.69) is 16.6 Å². The summed E-state index contributed by atoms with van der Waals surface area (Å²) in [5.41, 5.74) is 9.14. The van der Waals surface area contributed by atoms with E-state index >= 15 is 0 Å². The third-order valence-corrected chi connectivity index (χ3v) is 6.43. The van der Waals surface area contributed by atoms with Crippen molar-refractivity contribution in [1.82, 2.24) is 4.98 Å². The maximum absolute atomic E-state index is 11.1. The molecule has 0 radical (unpaired) electrons. The number of hydrogen-bond acceptors (Lipinski definition) is 8. The second-order valence-corrected chi connectivity index (χ2v) is 8.93. The number of nitro groups is 2. The van der Waals surface area contributed by atoms with Gasteiger partial charge in [-0.2, -0.15) is 5.10 Å². The van der Waals surface area contributed by atoms with Crippen molar-refractivity contribution in [1.29, 1.82) is 0 Å². The third kappa shape index (κ3) is 5.22. The summed E-state index contributed by atoms with van der Waals surface area (Å²) in [4.78, 5) is 26.7. The van der Waals surface area contributed by atoms with Gasteiger partial charge in [0.25, 0.3) is 11.4 Å². The van der Waals surface area contributed by atoms with Gasteiger partial charge in [0.15, 0.2) is 0 Å². The molecule has 4 rings (SSSR count). The lowest BCUT2D eigenvalue weighted by Crippen LogP contribution is -2.00. The lowest BCUT2D eigenvalue weighted by molar-refractivity contribution is -0.385. The molecule has 0 unspecified atom stereocenters. The number of non-ortho nitro benzene ring substituents is 2. The highest BCUT2D eigenvalue weighted by Crippen LogP contribution is 2.40. The molecule has 1 heterocycles. The lowest BCUT2D eigenvalue weighted by atomic mass is 10.0. The lowest BCUT2D eigenvalue weighted by Gasteiger charge is -2.07. The fourth-order valence-electron chi connectivity index (χ4n) is 3.58. The van der Waals surface area contributed by atoms with Gasteiger partial charge in [0.1, 0.15) is 0 Å². The molecule has 176 valence electrons. The summed E-state index contributed by atoms with van der Waals surface area (Å²) < 4.78 is 0. The van der Waals surface area contributed by atoms with E-state index in [9.17, 15) is 20.2 Å². The first kappa shape index (κ1) is 23.7. The van der Waals surface area contributed by atoms with Gasteiger partial charge in [-0.15, -0.1) is 0 Å². The third-order valence-electron chi connectivity index (χ3n) is 5.42. The minimum atomic E-state index is -0.446. The van der Waals surface area contributed by atoms with Crippen molar-refractivity contribution in [3.05, 3.63) is 104 Å². The summed E-state index contributed by atoms with van der Waals surface area (Å²) in [5, 5.41) is 26.9. The van der Waals surface area contributed by atoms with Crippen LogP contribution in [0.3, 0.4) is 0 Å². The maximum atomic E-state index is 11.1. The molecule has 0 saturated heterocycles. The van der Waals surface area contributed by atoms with Crippen LogP contribution in [0, 0.1) is 34.1 Å². The van der Waals surface area contributed by atoms with Gasteiger partial charge in [-0.1, -0.05) is 35.1 Å². The zero-order valence-electron chi connectivity index (χ0n) is 19.2. The van der Waals surface area contributed by atoms with E-state index in [4.69, 9.17) is 4.98 Å². The number of aryl methyl sites for hydroxylation is 2. The van der Waals surface area contributed by atoms with Crippen LogP contribution in [-0.4, -0.2) is 20.5 Å². The molecule has 9 nitrogen and oxygen atoms in total. The minimum Gasteiger partial charge on any atom is -0.258 e. The second-order valence-electron chi connectivity index (χ2n) is 7.93. The monoisotopic (exact) mass is 487 g/mol.